The fourth-order valence-electron chi connectivity index (χ4n) is 3.27. The predicted molar refractivity (Wildman–Crippen MR) is 107 cm³/mol. The summed E-state index contributed by atoms with van der Waals surface area (Å²) in [6, 6.07) is 9.33. The van der Waals surface area contributed by atoms with Crippen molar-refractivity contribution in [3.8, 4) is 11.3 Å². The minimum absolute atomic E-state index is 0.223. The third-order valence-electron chi connectivity index (χ3n) is 4.77. The number of hydrogen-bond donors (Lipinski definition) is 2. The Labute approximate surface area is 157 Å². The summed E-state index contributed by atoms with van der Waals surface area (Å²) in [6.07, 6.45) is 4.11. The van der Waals surface area contributed by atoms with Crippen LogP contribution in [0.3, 0.4) is 0 Å². The standard InChI is InChI=1S/C20H22N6O/c1-13-7-3-4-8-16(13)23-19-24-17(11-18(27)25-19)15-12-21-20(22-14(15)2)26-9-5-6-10-26/h3-4,7-8,11-12H,5-6,9-10H2,1-2H3,(H2,23,24,25,27). The number of aromatic amines is 1. The minimum atomic E-state index is -0.223. The van der Waals surface area contributed by atoms with Crippen LogP contribution in [0.25, 0.3) is 11.3 Å². The van der Waals surface area contributed by atoms with Crippen LogP contribution in [0.4, 0.5) is 17.6 Å². The first-order chi connectivity index (χ1) is 13.1. The number of benzene rings is 1. The van der Waals surface area contributed by atoms with Crippen molar-refractivity contribution in [1.82, 2.24) is 19.9 Å². The minimum Gasteiger partial charge on any atom is -0.341 e. The van der Waals surface area contributed by atoms with Crippen LogP contribution >= 0.6 is 0 Å². The molecule has 0 atom stereocenters. The summed E-state index contributed by atoms with van der Waals surface area (Å²) in [5.74, 6) is 1.15. The van der Waals surface area contributed by atoms with E-state index in [2.05, 4.69) is 30.2 Å². The van der Waals surface area contributed by atoms with Crippen LogP contribution in [0.15, 0.2) is 41.3 Å². The van der Waals surface area contributed by atoms with Crippen LogP contribution < -0.4 is 15.8 Å². The topological polar surface area (TPSA) is 86.8 Å². The van der Waals surface area contributed by atoms with Gasteiger partial charge in [-0.1, -0.05) is 18.2 Å². The van der Waals surface area contributed by atoms with Gasteiger partial charge in [0.25, 0.3) is 5.56 Å². The number of rotatable bonds is 4. The Bertz CT molecular complexity index is 1020. The molecule has 0 unspecified atom stereocenters. The molecular weight excluding hydrogens is 340 g/mol. The Kier molecular flexibility index (Phi) is 4.58. The first-order valence-electron chi connectivity index (χ1n) is 9.13. The van der Waals surface area contributed by atoms with E-state index in [9.17, 15) is 4.79 Å². The van der Waals surface area contributed by atoms with E-state index < -0.39 is 0 Å². The first-order valence-corrected chi connectivity index (χ1v) is 9.13. The molecule has 7 nitrogen and oxygen atoms in total. The zero-order chi connectivity index (χ0) is 18.8. The summed E-state index contributed by atoms with van der Waals surface area (Å²) in [7, 11) is 0. The summed E-state index contributed by atoms with van der Waals surface area (Å²) in [6.45, 7) is 5.91. The molecule has 2 aromatic heterocycles. The number of hydrogen-bond acceptors (Lipinski definition) is 6. The average molecular weight is 362 g/mol. The van der Waals surface area contributed by atoms with E-state index >= 15 is 0 Å². The van der Waals surface area contributed by atoms with Crippen molar-refractivity contribution in [3.05, 3.63) is 58.1 Å². The van der Waals surface area contributed by atoms with E-state index in [-0.39, 0.29) is 5.56 Å². The Balaban J connectivity index is 1.67. The number of aromatic nitrogens is 4. The number of anilines is 3. The Morgan fingerprint density at radius 2 is 1.89 bits per heavy atom. The van der Waals surface area contributed by atoms with Gasteiger partial charge in [0.15, 0.2) is 0 Å². The second kappa shape index (κ2) is 7.19. The molecule has 1 saturated heterocycles. The molecule has 4 rings (SSSR count). The van der Waals surface area contributed by atoms with Crippen LogP contribution in [-0.4, -0.2) is 33.0 Å². The molecule has 138 valence electrons. The third kappa shape index (κ3) is 3.67. The lowest BCUT2D eigenvalue weighted by Crippen LogP contribution is -2.20. The van der Waals surface area contributed by atoms with E-state index in [0.29, 0.717) is 11.6 Å². The molecule has 0 saturated carbocycles. The van der Waals surface area contributed by atoms with Gasteiger partial charge in [-0.25, -0.2) is 15.0 Å². The van der Waals surface area contributed by atoms with Gasteiger partial charge >= 0.3 is 0 Å². The van der Waals surface area contributed by atoms with Crippen LogP contribution in [0, 0.1) is 13.8 Å². The number of H-pyrrole nitrogens is 1. The molecular formula is C20H22N6O. The molecule has 1 aromatic carbocycles. The summed E-state index contributed by atoms with van der Waals surface area (Å²) < 4.78 is 0. The molecule has 2 N–H and O–H groups in total. The molecule has 27 heavy (non-hydrogen) atoms. The van der Waals surface area contributed by atoms with Crippen LogP contribution in [0.1, 0.15) is 24.1 Å². The van der Waals surface area contributed by atoms with Crippen molar-refractivity contribution in [2.75, 3.05) is 23.3 Å². The van der Waals surface area contributed by atoms with Gasteiger partial charge in [-0.3, -0.25) is 9.78 Å². The van der Waals surface area contributed by atoms with Gasteiger partial charge in [0, 0.05) is 36.6 Å². The molecule has 1 fully saturated rings. The normalized spacial score (nSPS) is 13.8. The fourth-order valence-corrected chi connectivity index (χ4v) is 3.27. The molecule has 0 aliphatic carbocycles. The monoisotopic (exact) mass is 362 g/mol. The first kappa shape index (κ1) is 17.2. The highest BCUT2D eigenvalue weighted by atomic mass is 16.1. The van der Waals surface area contributed by atoms with E-state index in [1.54, 1.807) is 6.20 Å². The quantitative estimate of drug-likeness (QED) is 0.741. The fraction of sp³-hybridized carbons (Fsp3) is 0.300. The van der Waals surface area contributed by atoms with E-state index in [1.807, 2.05) is 38.1 Å². The van der Waals surface area contributed by atoms with Crippen molar-refractivity contribution in [1.29, 1.82) is 0 Å². The molecule has 0 amide bonds. The van der Waals surface area contributed by atoms with Gasteiger partial charge in [0.05, 0.1) is 11.4 Å². The molecule has 1 aliphatic heterocycles. The van der Waals surface area contributed by atoms with Gasteiger partial charge in [-0.15, -0.1) is 0 Å². The van der Waals surface area contributed by atoms with Crippen molar-refractivity contribution >= 4 is 17.6 Å². The maximum atomic E-state index is 12.2. The highest BCUT2D eigenvalue weighted by Crippen LogP contribution is 2.24. The third-order valence-corrected chi connectivity index (χ3v) is 4.77. The van der Waals surface area contributed by atoms with Crippen molar-refractivity contribution in [3.63, 3.8) is 0 Å². The molecule has 0 radical (unpaired) electrons. The number of para-hydroxylation sites is 1. The smallest absolute Gasteiger partial charge is 0.252 e. The molecule has 0 bridgehead atoms. The van der Waals surface area contributed by atoms with Gasteiger partial charge in [0.2, 0.25) is 11.9 Å². The highest BCUT2D eigenvalue weighted by Gasteiger charge is 2.17. The number of nitrogens with zero attached hydrogens (tertiary/aromatic N) is 4. The van der Waals surface area contributed by atoms with Crippen LogP contribution in [-0.2, 0) is 0 Å². The Morgan fingerprint density at radius 1 is 1.11 bits per heavy atom. The van der Waals surface area contributed by atoms with Gasteiger partial charge < -0.3 is 10.2 Å². The number of aryl methyl sites for hydroxylation is 2. The van der Waals surface area contributed by atoms with E-state index in [0.717, 1.165) is 41.5 Å². The van der Waals surface area contributed by atoms with Crippen LogP contribution in [0.2, 0.25) is 0 Å². The summed E-state index contributed by atoms with van der Waals surface area (Å²) in [5, 5.41) is 3.18. The van der Waals surface area contributed by atoms with E-state index in [1.165, 1.54) is 18.9 Å². The largest absolute Gasteiger partial charge is 0.341 e. The maximum absolute atomic E-state index is 12.2. The molecule has 0 spiro atoms. The highest BCUT2D eigenvalue weighted by molar-refractivity contribution is 5.64. The average Bonchev–Trinajstić information content (AvgIpc) is 3.18. The summed E-state index contributed by atoms with van der Waals surface area (Å²) >= 11 is 0. The van der Waals surface area contributed by atoms with Crippen LogP contribution in [0.5, 0.6) is 0 Å². The zero-order valence-corrected chi connectivity index (χ0v) is 15.5. The van der Waals surface area contributed by atoms with E-state index in [4.69, 9.17) is 0 Å². The SMILES string of the molecule is Cc1ccccc1Nc1nc(-c2cnc(N3CCCC3)nc2C)cc(=O)[nH]1. The second-order valence-electron chi connectivity index (χ2n) is 6.78. The molecule has 3 heterocycles. The Morgan fingerprint density at radius 3 is 2.63 bits per heavy atom. The lowest BCUT2D eigenvalue weighted by atomic mass is 10.1. The van der Waals surface area contributed by atoms with Crippen molar-refractivity contribution in [2.45, 2.75) is 26.7 Å². The molecule has 1 aliphatic rings. The lowest BCUT2D eigenvalue weighted by Gasteiger charge is -2.16. The van der Waals surface area contributed by atoms with Crippen molar-refractivity contribution < 1.29 is 0 Å². The summed E-state index contributed by atoms with van der Waals surface area (Å²) in [5.41, 5.74) is 3.87. The second-order valence-corrected chi connectivity index (χ2v) is 6.78. The zero-order valence-electron chi connectivity index (χ0n) is 15.5. The number of nitrogens with one attached hydrogen (secondary N) is 2. The Hall–Kier alpha value is -3.22. The lowest BCUT2D eigenvalue weighted by molar-refractivity contribution is 0.889. The van der Waals surface area contributed by atoms with Crippen molar-refractivity contribution in [2.24, 2.45) is 0 Å². The molecule has 7 heteroatoms. The predicted octanol–water partition coefficient (Wildman–Crippen LogP) is 3.19. The molecule has 3 aromatic rings. The van der Waals surface area contributed by atoms with Gasteiger partial charge in [-0.05, 0) is 38.3 Å². The van der Waals surface area contributed by atoms with Gasteiger partial charge in [-0.2, -0.15) is 0 Å². The maximum Gasteiger partial charge on any atom is 0.252 e. The summed E-state index contributed by atoms with van der Waals surface area (Å²) in [4.78, 5) is 30.8. The van der Waals surface area contributed by atoms with Gasteiger partial charge in [0.1, 0.15) is 0 Å².